The first-order chi connectivity index (χ1) is 8.44. The molecule has 1 aromatic rings. The Morgan fingerprint density at radius 2 is 1.89 bits per heavy atom. The second-order valence-electron chi connectivity index (χ2n) is 6.26. The number of aryl methyl sites for hydroxylation is 1. The summed E-state index contributed by atoms with van der Waals surface area (Å²) >= 11 is 0. The van der Waals surface area contributed by atoms with Crippen molar-refractivity contribution in [3.63, 3.8) is 0 Å². The number of hydrogen-bond acceptors (Lipinski definition) is 4. The van der Waals surface area contributed by atoms with Crippen molar-refractivity contribution in [2.24, 2.45) is 5.41 Å². The van der Waals surface area contributed by atoms with Crippen LogP contribution in [0.4, 0.5) is 5.82 Å². The minimum absolute atomic E-state index is 0.231. The maximum absolute atomic E-state index is 4.73. The summed E-state index contributed by atoms with van der Waals surface area (Å²) in [6.07, 6.45) is 0.924. The van der Waals surface area contributed by atoms with Gasteiger partial charge >= 0.3 is 0 Å². The van der Waals surface area contributed by atoms with E-state index in [9.17, 15) is 0 Å². The van der Waals surface area contributed by atoms with E-state index in [4.69, 9.17) is 4.98 Å². The summed E-state index contributed by atoms with van der Waals surface area (Å²) in [5, 5.41) is 3.37. The Morgan fingerprint density at radius 1 is 1.22 bits per heavy atom. The Hall–Kier alpha value is -1.16. The zero-order valence-corrected chi connectivity index (χ0v) is 12.0. The first-order valence-corrected chi connectivity index (χ1v) is 6.74. The number of nitrogens with one attached hydrogen (secondary N) is 1. The maximum atomic E-state index is 4.73. The first-order valence-electron chi connectivity index (χ1n) is 6.74. The van der Waals surface area contributed by atoms with E-state index in [1.165, 1.54) is 0 Å². The zero-order chi connectivity index (χ0) is 13.2. The molecule has 1 N–H and O–H groups in total. The Balaban J connectivity index is 2.20. The molecule has 18 heavy (non-hydrogen) atoms. The van der Waals surface area contributed by atoms with E-state index in [1.807, 2.05) is 0 Å². The van der Waals surface area contributed by atoms with Crippen LogP contribution in [0.1, 0.15) is 32.3 Å². The maximum Gasteiger partial charge on any atom is 0.132 e. The minimum Gasteiger partial charge on any atom is -0.354 e. The van der Waals surface area contributed by atoms with Crippen LogP contribution in [0.5, 0.6) is 0 Å². The fourth-order valence-electron chi connectivity index (χ4n) is 2.22. The summed E-state index contributed by atoms with van der Waals surface area (Å²) in [5.74, 6) is 2.05. The molecule has 0 bridgehead atoms. The van der Waals surface area contributed by atoms with Gasteiger partial charge in [0.15, 0.2) is 0 Å². The van der Waals surface area contributed by atoms with Crippen molar-refractivity contribution in [3.05, 3.63) is 17.6 Å². The molecule has 0 saturated carbocycles. The van der Waals surface area contributed by atoms with Gasteiger partial charge in [0, 0.05) is 44.4 Å². The normalized spacial score (nSPS) is 17.0. The van der Waals surface area contributed by atoms with Gasteiger partial charge in [0.05, 0.1) is 0 Å². The minimum atomic E-state index is 0.231. The van der Waals surface area contributed by atoms with Crippen LogP contribution in [-0.4, -0.2) is 36.1 Å². The molecule has 1 saturated heterocycles. The lowest BCUT2D eigenvalue weighted by Crippen LogP contribution is -2.44. The van der Waals surface area contributed by atoms with Crippen molar-refractivity contribution in [1.29, 1.82) is 0 Å². The van der Waals surface area contributed by atoms with Crippen LogP contribution in [-0.2, 0) is 6.42 Å². The second kappa shape index (κ2) is 5.22. The average Bonchev–Trinajstić information content (AvgIpc) is 2.27. The summed E-state index contributed by atoms with van der Waals surface area (Å²) in [7, 11) is 0. The standard InChI is InChI=1S/C14H24N4/c1-11-9-13(18-7-5-15-6-8-18)17-12(16-11)10-14(2,3)4/h9,15H,5-8,10H2,1-4H3. The summed E-state index contributed by atoms with van der Waals surface area (Å²) in [4.78, 5) is 11.6. The highest BCUT2D eigenvalue weighted by molar-refractivity contribution is 5.40. The Morgan fingerprint density at radius 3 is 2.50 bits per heavy atom. The van der Waals surface area contributed by atoms with E-state index in [1.54, 1.807) is 0 Å². The molecule has 1 aliphatic heterocycles. The smallest absolute Gasteiger partial charge is 0.132 e. The van der Waals surface area contributed by atoms with Gasteiger partial charge in [-0.3, -0.25) is 0 Å². The van der Waals surface area contributed by atoms with Crippen molar-refractivity contribution in [2.45, 2.75) is 34.1 Å². The molecule has 0 spiro atoms. The quantitative estimate of drug-likeness (QED) is 0.866. The van der Waals surface area contributed by atoms with Crippen LogP contribution in [0.2, 0.25) is 0 Å². The van der Waals surface area contributed by atoms with Crippen molar-refractivity contribution in [2.75, 3.05) is 31.1 Å². The fraction of sp³-hybridized carbons (Fsp3) is 0.714. The van der Waals surface area contributed by atoms with Gasteiger partial charge in [0.1, 0.15) is 11.6 Å². The highest BCUT2D eigenvalue weighted by atomic mass is 15.2. The number of hydrogen-bond donors (Lipinski definition) is 1. The number of anilines is 1. The average molecular weight is 248 g/mol. The van der Waals surface area contributed by atoms with Crippen LogP contribution in [0, 0.1) is 12.3 Å². The largest absolute Gasteiger partial charge is 0.354 e. The van der Waals surface area contributed by atoms with Crippen molar-refractivity contribution in [3.8, 4) is 0 Å². The van der Waals surface area contributed by atoms with Gasteiger partial charge in [0.2, 0.25) is 0 Å². The van der Waals surface area contributed by atoms with Gasteiger partial charge in [0.25, 0.3) is 0 Å². The number of piperazine rings is 1. The van der Waals surface area contributed by atoms with E-state index < -0.39 is 0 Å². The SMILES string of the molecule is Cc1cc(N2CCNCC2)nc(CC(C)(C)C)n1. The first kappa shape index (κ1) is 13.3. The van der Waals surface area contributed by atoms with Gasteiger partial charge in [-0.1, -0.05) is 20.8 Å². The highest BCUT2D eigenvalue weighted by Gasteiger charge is 2.17. The number of aromatic nitrogens is 2. The topological polar surface area (TPSA) is 41.0 Å². The molecule has 4 heteroatoms. The van der Waals surface area contributed by atoms with Crippen molar-refractivity contribution in [1.82, 2.24) is 15.3 Å². The molecular formula is C14H24N4. The molecule has 0 radical (unpaired) electrons. The molecule has 0 atom stereocenters. The summed E-state index contributed by atoms with van der Waals surface area (Å²) in [6.45, 7) is 12.9. The van der Waals surface area contributed by atoms with Crippen LogP contribution < -0.4 is 10.2 Å². The van der Waals surface area contributed by atoms with E-state index >= 15 is 0 Å². The van der Waals surface area contributed by atoms with Crippen molar-refractivity contribution >= 4 is 5.82 Å². The zero-order valence-electron chi connectivity index (χ0n) is 12.0. The Bertz CT molecular complexity index is 403. The Labute approximate surface area is 110 Å². The molecule has 1 aliphatic rings. The molecule has 0 unspecified atom stereocenters. The molecule has 2 rings (SSSR count). The van der Waals surface area contributed by atoms with E-state index in [-0.39, 0.29) is 5.41 Å². The van der Waals surface area contributed by atoms with Gasteiger partial charge < -0.3 is 10.2 Å². The molecule has 2 heterocycles. The van der Waals surface area contributed by atoms with Gasteiger partial charge in [-0.25, -0.2) is 9.97 Å². The third kappa shape index (κ3) is 3.67. The Kier molecular flexibility index (Phi) is 3.85. The molecule has 0 aromatic carbocycles. The van der Waals surface area contributed by atoms with Crippen LogP contribution in [0.3, 0.4) is 0 Å². The lowest BCUT2D eigenvalue weighted by molar-refractivity contribution is 0.400. The van der Waals surface area contributed by atoms with Crippen LogP contribution in [0.15, 0.2) is 6.07 Å². The molecule has 1 fully saturated rings. The van der Waals surface area contributed by atoms with E-state index in [0.29, 0.717) is 0 Å². The molecule has 0 aliphatic carbocycles. The van der Waals surface area contributed by atoms with Crippen LogP contribution in [0.25, 0.3) is 0 Å². The second-order valence-corrected chi connectivity index (χ2v) is 6.26. The molecule has 0 amide bonds. The monoisotopic (exact) mass is 248 g/mol. The van der Waals surface area contributed by atoms with Gasteiger partial charge in [-0.2, -0.15) is 0 Å². The predicted molar refractivity (Wildman–Crippen MR) is 75.0 cm³/mol. The molecule has 1 aromatic heterocycles. The lowest BCUT2D eigenvalue weighted by Gasteiger charge is -2.29. The summed E-state index contributed by atoms with van der Waals surface area (Å²) in [5.41, 5.74) is 1.30. The third-order valence-corrected chi connectivity index (χ3v) is 3.02. The molecule has 4 nitrogen and oxygen atoms in total. The fourth-order valence-corrected chi connectivity index (χ4v) is 2.22. The van der Waals surface area contributed by atoms with Crippen LogP contribution >= 0.6 is 0 Å². The van der Waals surface area contributed by atoms with E-state index in [0.717, 1.165) is 49.9 Å². The molecular weight excluding hydrogens is 224 g/mol. The highest BCUT2D eigenvalue weighted by Crippen LogP contribution is 2.21. The lowest BCUT2D eigenvalue weighted by atomic mass is 9.92. The van der Waals surface area contributed by atoms with Gasteiger partial charge in [-0.05, 0) is 12.3 Å². The summed E-state index contributed by atoms with van der Waals surface area (Å²) in [6, 6.07) is 2.09. The number of rotatable bonds is 2. The van der Waals surface area contributed by atoms with Crippen molar-refractivity contribution < 1.29 is 0 Å². The molecule has 100 valence electrons. The predicted octanol–water partition coefficient (Wildman–Crippen LogP) is 1.78. The van der Waals surface area contributed by atoms with E-state index in [2.05, 4.69) is 49.0 Å². The van der Waals surface area contributed by atoms with Gasteiger partial charge in [-0.15, -0.1) is 0 Å². The third-order valence-electron chi connectivity index (χ3n) is 3.02. The number of nitrogens with zero attached hydrogens (tertiary/aromatic N) is 3. The summed E-state index contributed by atoms with van der Waals surface area (Å²) < 4.78 is 0.